The van der Waals surface area contributed by atoms with Crippen molar-refractivity contribution in [1.82, 2.24) is 25.2 Å². The summed E-state index contributed by atoms with van der Waals surface area (Å²) in [5.74, 6) is 3.45. The van der Waals surface area contributed by atoms with Crippen LogP contribution in [0.25, 0.3) is 0 Å². The minimum Gasteiger partial charge on any atom is -0.423 e. The lowest BCUT2D eigenvalue weighted by atomic mass is 9.97. The predicted molar refractivity (Wildman–Crippen MR) is 81.7 cm³/mol. The monoisotopic (exact) mass is 317 g/mol. The van der Waals surface area contributed by atoms with E-state index in [0.29, 0.717) is 24.2 Å². The van der Waals surface area contributed by atoms with Gasteiger partial charge in [-0.3, -0.25) is 4.90 Å². The van der Waals surface area contributed by atoms with E-state index in [1.54, 1.807) is 0 Å². The molecule has 2 aromatic heterocycles. The summed E-state index contributed by atoms with van der Waals surface area (Å²) in [6, 6.07) is 0.191. The van der Waals surface area contributed by atoms with Crippen molar-refractivity contribution in [2.45, 2.75) is 70.4 Å². The molecule has 0 N–H and O–H groups in total. The molecule has 0 amide bonds. The Morgan fingerprint density at radius 1 is 1.17 bits per heavy atom. The van der Waals surface area contributed by atoms with Crippen LogP contribution in [0.5, 0.6) is 0 Å². The predicted octanol–water partition coefficient (Wildman–Crippen LogP) is 2.96. The third-order valence-electron chi connectivity index (χ3n) is 4.49. The lowest BCUT2D eigenvalue weighted by Crippen LogP contribution is -2.23. The first-order valence-electron chi connectivity index (χ1n) is 8.41. The molecular weight excluding hydrogens is 294 g/mol. The van der Waals surface area contributed by atoms with Gasteiger partial charge in [0.15, 0.2) is 5.82 Å². The Labute approximate surface area is 135 Å². The van der Waals surface area contributed by atoms with Gasteiger partial charge in [-0.1, -0.05) is 25.9 Å². The minimum atomic E-state index is -0.123. The number of nitrogens with zero attached hydrogens (tertiary/aromatic N) is 5. The molecule has 3 heterocycles. The summed E-state index contributed by atoms with van der Waals surface area (Å²) in [6.07, 6.45) is 4.52. The number of rotatable bonds is 4. The first-order valence-corrected chi connectivity index (χ1v) is 8.41. The number of aromatic nitrogens is 4. The van der Waals surface area contributed by atoms with Crippen LogP contribution < -0.4 is 0 Å². The molecule has 1 saturated carbocycles. The van der Waals surface area contributed by atoms with Crippen molar-refractivity contribution in [3.63, 3.8) is 0 Å². The van der Waals surface area contributed by atoms with Crippen LogP contribution in [0.4, 0.5) is 0 Å². The van der Waals surface area contributed by atoms with E-state index in [4.69, 9.17) is 8.94 Å². The normalized spacial score (nSPS) is 22.8. The van der Waals surface area contributed by atoms with Crippen LogP contribution in [-0.2, 0) is 12.0 Å². The molecule has 1 saturated heterocycles. The first kappa shape index (κ1) is 14.8. The zero-order chi connectivity index (χ0) is 16.0. The van der Waals surface area contributed by atoms with E-state index >= 15 is 0 Å². The molecule has 2 fully saturated rings. The van der Waals surface area contributed by atoms with Gasteiger partial charge in [0.25, 0.3) is 0 Å². The van der Waals surface area contributed by atoms with Crippen molar-refractivity contribution in [2.75, 3.05) is 6.54 Å². The molecule has 0 spiro atoms. The van der Waals surface area contributed by atoms with Crippen LogP contribution in [-0.4, -0.2) is 31.8 Å². The summed E-state index contributed by atoms with van der Waals surface area (Å²) in [4.78, 5) is 6.91. The summed E-state index contributed by atoms with van der Waals surface area (Å²) in [5.41, 5.74) is -0.123. The molecule has 2 aliphatic rings. The molecule has 7 nitrogen and oxygen atoms in total. The zero-order valence-corrected chi connectivity index (χ0v) is 13.9. The maximum atomic E-state index is 5.82. The van der Waals surface area contributed by atoms with Crippen LogP contribution >= 0.6 is 0 Å². The van der Waals surface area contributed by atoms with Gasteiger partial charge in [-0.15, -0.1) is 10.2 Å². The topological polar surface area (TPSA) is 81.1 Å². The highest BCUT2D eigenvalue weighted by molar-refractivity contribution is 5.05. The fourth-order valence-corrected chi connectivity index (χ4v) is 2.98. The van der Waals surface area contributed by atoms with Gasteiger partial charge >= 0.3 is 0 Å². The molecule has 2 aromatic rings. The van der Waals surface area contributed by atoms with E-state index in [1.807, 2.05) is 0 Å². The Hall–Kier alpha value is -1.76. The molecule has 23 heavy (non-hydrogen) atoms. The Morgan fingerprint density at radius 3 is 2.70 bits per heavy atom. The van der Waals surface area contributed by atoms with Crippen LogP contribution in [0.2, 0.25) is 0 Å². The van der Waals surface area contributed by atoms with Crippen LogP contribution in [0, 0.1) is 0 Å². The van der Waals surface area contributed by atoms with E-state index in [0.717, 1.165) is 31.1 Å². The smallest absolute Gasteiger partial charge is 0.230 e. The fourth-order valence-electron chi connectivity index (χ4n) is 2.98. The Balaban J connectivity index is 1.47. The van der Waals surface area contributed by atoms with Crippen LogP contribution in [0.15, 0.2) is 8.94 Å². The van der Waals surface area contributed by atoms with E-state index in [-0.39, 0.29) is 11.5 Å². The molecular formula is C16H23N5O2. The first-order chi connectivity index (χ1) is 11.0. The molecule has 0 bridgehead atoms. The van der Waals surface area contributed by atoms with E-state index < -0.39 is 0 Å². The summed E-state index contributed by atoms with van der Waals surface area (Å²) in [7, 11) is 0. The van der Waals surface area contributed by atoms with Gasteiger partial charge in [0.2, 0.25) is 17.7 Å². The van der Waals surface area contributed by atoms with Crippen molar-refractivity contribution in [3.8, 4) is 0 Å². The Morgan fingerprint density at radius 2 is 2.00 bits per heavy atom. The summed E-state index contributed by atoms with van der Waals surface area (Å²) >= 11 is 0. The molecule has 1 aliphatic heterocycles. The van der Waals surface area contributed by atoms with Crippen molar-refractivity contribution in [3.05, 3.63) is 23.5 Å². The third kappa shape index (κ3) is 3.02. The molecule has 0 unspecified atom stereocenters. The lowest BCUT2D eigenvalue weighted by Gasteiger charge is -2.19. The summed E-state index contributed by atoms with van der Waals surface area (Å²) < 4.78 is 11.2. The van der Waals surface area contributed by atoms with Gasteiger partial charge in [-0.2, -0.15) is 4.98 Å². The zero-order valence-electron chi connectivity index (χ0n) is 13.9. The second-order valence-corrected chi connectivity index (χ2v) is 7.64. The molecule has 1 atom stereocenters. The number of hydrogen-bond acceptors (Lipinski definition) is 7. The van der Waals surface area contributed by atoms with Crippen molar-refractivity contribution in [2.24, 2.45) is 0 Å². The average molecular weight is 317 g/mol. The highest BCUT2D eigenvalue weighted by atomic mass is 16.5. The molecule has 124 valence electrons. The second kappa shape index (κ2) is 5.40. The van der Waals surface area contributed by atoms with Gasteiger partial charge in [0.05, 0.1) is 12.6 Å². The molecule has 1 aliphatic carbocycles. The molecule has 0 aromatic carbocycles. The van der Waals surface area contributed by atoms with Gasteiger partial charge in [0.1, 0.15) is 0 Å². The lowest BCUT2D eigenvalue weighted by molar-refractivity contribution is 0.207. The third-order valence-corrected chi connectivity index (χ3v) is 4.49. The summed E-state index contributed by atoms with van der Waals surface area (Å²) in [6.45, 7) is 7.84. The summed E-state index contributed by atoms with van der Waals surface area (Å²) in [5, 5.41) is 12.6. The largest absolute Gasteiger partial charge is 0.423 e. The maximum absolute atomic E-state index is 5.82. The van der Waals surface area contributed by atoms with Crippen molar-refractivity contribution in [1.29, 1.82) is 0 Å². The van der Waals surface area contributed by atoms with E-state index in [9.17, 15) is 0 Å². The highest BCUT2D eigenvalue weighted by Gasteiger charge is 2.35. The number of likely N-dealkylation sites (tertiary alicyclic amines) is 1. The van der Waals surface area contributed by atoms with Gasteiger partial charge < -0.3 is 8.94 Å². The van der Waals surface area contributed by atoms with Crippen molar-refractivity contribution >= 4 is 0 Å². The quantitative estimate of drug-likeness (QED) is 0.857. The van der Waals surface area contributed by atoms with Crippen LogP contribution in [0.3, 0.4) is 0 Å². The molecule has 7 heteroatoms. The van der Waals surface area contributed by atoms with Crippen molar-refractivity contribution < 1.29 is 8.94 Å². The SMILES string of the molecule is CC(C)(C)c1nnc(CN2CCC[C@@H]2c2noc(C3CC3)n2)o1. The Kier molecular flexibility index (Phi) is 3.48. The average Bonchev–Trinajstić information content (AvgIpc) is 2.95. The minimum absolute atomic E-state index is 0.123. The van der Waals surface area contributed by atoms with E-state index in [2.05, 4.69) is 46.0 Å². The standard InChI is InChI=1S/C16H23N5O2/c1-16(2,3)15-19-18-12(22-15)9-21-8-4-5-11(21)13-17-14(23-20-13)10-6-7-10/h10-11H,4-9H2,1-3H3/t11-/m1/s1. The highest BCUT2D eigenvalue weighted by Crippen LogP contribution is 2.40. The van der Waals surface area contributed by atoms with E-state index in [1.165, 1.54) is 12.8 Å². The van der Waals surface area contributed by atoms with Gasteiger partial charge in [0, 0.05) is 11.3 Å². The van der Waals surface area contributed by atoms with Gasteiger partial charge in [-0.25, -0.2) is 0 Å². The van der Waals surface area contributed by atoms with Gasteiger partial charge in [-0.05, 0) is 32.2 Å². The second-order valence-electron chi connectivity index (χ2n) is 7.64. The maximum Gasteiger partial charge on any atom is 0.230 e. The Bertz CT molecular complexity index is 683. The number of hydrogen-bond donors (Lipinski definition) is 0. The molecule has 4 rings (SSSR count). The molecule has 0 radical (unpaired) electrons. The fraction of sp³-hybridized carbons (Fsp3) is 0.750. The van der Waals surface area contributed by atoms with Crippen LogP contribution in [0.1, 0.15) is 81.9 Å².